The van der Waals surface area contributed by atoms with Gasteiger partial charge in [0.15, 0.2) is 25.2 Å². The van der Waals surface area contributed by atoms with Crippen LogP contribution in [0, 0.1) is 34.5 Å². The molecule has 0 radical (unpaired) electrons. The molecule has 0 aromatic heterocycles. The number of aromatic hydroxyl groups is 1. The van der Waals surface area contributed by atoms with Gasteiger partial charge in [0.1, 0.15) is 29.8 Å². The number of rotatable bonds is 9. The first-order valence-corrected chi connectivity index (χ1v) is 26.0. The van der Waals surface area contributed by atoms with Crippen molar-refractivity contribution in [3.05, 3.63) is 83.1 Å². The van der Waals surface area contributed by atoms with Gasteiger partial charge >= 0.3 is 5.97 Å². The molecule has 5 aliphatic heterocycles. The first-order valence-electron chi connectivity index (χ1n) is 26.0. The minimum Gasteiger partial charge on any atom is -0.507 e. The Morgan fingerprint density at radius 2 is 1.34 bits per heavy atom. The van der Waals surface area contributed by atoms with Crippen LogP contribution in [-0.2, 0) is 47.4 Å². The number of hydrogen-bond donors (Lipinski definition) is 5. The SMILES string of the molecule is CC1O[C@@H](O[C@H]2CC[C@@]3(C)[C@H](CC[C@@H]4[C@@H]3C[C@@H](O)[C@]3(C)[C@@H](C5=CC(=O)O/C5=C\c5ccccc5O)CC[C@]43O)C2)C[C@@H](O)C1O[C@@H]1C[C@@H](O)C(O[C@H]2C[C@H]3OC(c4ccccc4)OC3C(C)O2)C(C)O1. The van der Waals surface area contributed by atoms with E-state index < -0.39 is 84.9 Å². The standard InChI is InChI=1S/C55H72O15/c1-28-49(68-47-26-41(58)50(29(2)63-47)69-48-27-43-51(30(3)64-48)70-52(67-43)31-11-7-6-8-12-31)40(57)25-46(62-28)65-34-17-19-53(4)33(22-34)15-16-37-38(53)24-44(59)54(5)36(18-20-55(37,54)61)35-23-45(60)66-42(35)21-32-13-9-10-14-39(32)56/h6-14,21,23,28-30,33-34,36-38,40-41,43-44,46-52,56-59,61H,15-20,22,24-27H2,1-5H3/b42-21-/t28?,29?,30?,33-,34+,36-,37-,38+,40-,41-,43-,44-,46+,47-,48+,49?,50?,51?,52?,53+,54+,55+/m1/s1. The number of cyclic esters (lactones) is 1. The molecule has 4 aliphatic carbocycles. The fourth-order valence-corrected chi connectivity index (χ4v) is 15.0. The summed E-state index contributed by atoms with van der Waals surface area (Å²) in [4.78, 5) is 12.8. The van der Waals surface area contributed by atoms with E-state index in [2.05, 4.69) is 6.92 Å². The van der Waals surface area contributed by atoms with Crippen LogP contribution < -0.4 is 0 Å². The van der Waals surface area contributed by atoms with Crippen LogP contribution in [0.4, 0.5) is 0 Å². The van der Waals surface area contributed by atoms with Gasteiger partial charge in [0.25, 0.3) is 0 Å². The van der Waals surface area contributed by atoms with Crippen molar-refractivity contribution in [2.75, 3.05) is 0 Å². The fraction of sp³-hybridized carbons (Fsp3) is 0.691. The van der Waals surface area contributed by atoms with Crippen molar-refractivity contribution in [1.82, 2.24) is 0 Å². The summed E-state index contributed by atoms with van der Waals surface area (Å²) in [6, 6.07) is 16.7. The van der Waals surface area contributed by atoms with E-state index in [1.807, 2.05) is 64.1 Å². The zero-order chi connectivity index (χ0) is 48.9. The van der Waals surface area contributed by atoms with E-state index in [1.54, 1.807) is 24.3 Å². The molecule has 5 N–H and O–H groups in total. The molecule has 4 saturated heterocycles. The van der Waals surface area contributed by atoms with Crippen LogP contribution in [0.15, 0.2) is 72.0 Å². The van der Waals surface area contributed by atoms with Crippen LogP contribution in [0.3, 0.4) is 0 Å². The summed E-state index contributed by atoms with van der Waals surface area (Å²) in [5.74, 6) is 0.0334. The Kier molecular flexibility index (Phi) is 13.2. The van der Waals surface area contributed by atoms with Crippen molar-refractivity contribution in [3.8, 4) is 5.75 Å². The Labute approximate surface area is 410 Å². The molecule has 4 saturated carbocycles. The lowest BCUT2D eigenvalue weighted by atomic mass is 9.42. The number of fused-ring (bicyclic) bond motifs is 6. The topological polar surface area (TPSA) is 201 Å². The van der Waals surface area contributed by atoms with Gasteiger partial charge in [-0.15, -0.1) is 0 Å². The number of carbonyl (C=O) groups excluding carboxylic acids is 1. The smallest absolute Gasteiger partial charge is 0.336 e. The Morgan fingerprint density at radius 1 is 0.686 bits per heavy atom. The molecule has 22 atom stereocenters. The molecular weight excluding hydrogens is 901 g/mol. The van der Waals surface area contributed by atoms with Crippen molar-refractivity contribution < 1.29 is 73.0 Å². The monoisotopic (exact) mass is 972 g/mol. The van der Waals surface area contributed by atoms with Gasteiger partial charge in [0.2, 0.25) is 0 Å². The van der Waals surface area contributed by atoms with Crippen LogP contribution in [0.25, 0.3) is 6.08 Å². The highest BCUT2D eigenvalue weighted by Gasteiger charge is 2.71. The third-order valence-electron chi connectivity index (χ3n) is 18.8. The minimum atomic E-state index is -1.15. The number of aliphatic hydroxyl groups is 4. The van der Waals surface area contributed by atoms with Gasteiger partial charge in [-0.3, -0.25) is 0 Å². The van der Waals surface area contributed by atoms with Crippen molar-refractivity contribution in [2.24, 2.45) is 34.5 Å². The zero-order valence-electron chi connectivity index (χ0n) is 40.9. The highest BCUT2D eigenvalue weighted by Crippen LogP contribution is 2.70. The molecular formula is C55H72O15. The van der Waals surface area contributed by atoms with E-state index in [9.17, 15) is 30.3 Å². The summed E-state index contributed by atoms with van der Waals surface area (Å²) in [6.07, 6.45) is 1.51. The lowest BCUT2D eigenvalue weighted by Gasteiger charge is -2.65. The first kappa shape index (κ1) is 48.9. The third kappa shape index (κ3) is 8.51. The Hall–Kier alpha value is -3.29. The number of aliphatic hydroxyl groups excluding tert-OH is 3. The molecule has 5 heterocycles. The normalized spacial score (nSPS) is 48.5. The summed E-state index contributed by atoms with van der Waals surface area (Å²) >= 11 is 0. The number of para-hydroxylation sites is 1. The van der Waals surface area contributed by atoms with Gasteiger partial charge in [0.05, 0.1) is 54.4 Å². The van der Waals surface area contributed by atoms with Crippen molar-refractivity contribution in [3.63, 3.8) is 0 Å². The van der Waals surface area contributed by atoms with Crippen LogP contribution in [0.1, 0.15) is 123 Å². The predicted octanol–water partition coefficient (Wildman–Crippen LogP) is 6.73. The average Bonchev–Trinajstić information content (AvgIpc) is 4.01. The van der Waals surface area contributed by atoms with Gasteiger partial charge in [-0.2, -0.15) is 0 Å². The summed E-state index contributed by atoms with van der Waals surface area (Å²) in [6.45, 7) is 10.00. The van der Waals surface area contributed by atoms with E-state index in [0.29, 0.717) is 48.5 Å². The second-order valence-corrected chi connectivity index (χ2v) is 22.5. The Balaban J connectivity index is 0.672. The molecule has 0 bridgehead atoms. The molecule has 0 amide bonds. The third-order valence-corrected chi connectivity index (χ3v) is 18.8. The van der Waals surface area contributed by atoms with E-state index in [0.717, 1.165) is 37.7 Å². The molecule has 8 fully saturated rings. The number of benzene rings is 2. The van der Waals surface area contributed by atoms with Crippen molar-refractivity contribution in [1.29, 1.82) is 0 Å². The number of hydrogen-bond acceptors (Lipinski definition) is 15. The van der Waals surface area contributed by atoms with Crippen LogP contribution in [0.5, 0.6) is 5.75 Å². The number of phenolic OH excluding ortho intramolecular Hbond substituents is 1. The van der Waals surface area contributed by atoms with Crippen LogP contribution >= 0.6 is 0 Å². The molecule has 9 aliphatic rings. The Bertz CT molecular complexity index is 2270. The number of phenols is 1. The number of esters is 1. The molecule has 70 heavy (non-hydrogen) atoms. The van der Waals surface area contributed by atoms with Crippen LogP contribution in [0.2, 0.25) is 0 Å². The fourth-order valence-electron chi connectivity index (χ4n) is 15.0. The zero-order valence-corrected chi connectivity index (χ0v) is 40.9. The van der Waals surface area contributed by atoms with Crippen molar-refractivity contribution in [2.45, 2.75) is 203 Å². The predicted molar refractivity (Wildman–Crippen MR) is 251 cm³/mol. The van der Waals surface area contributed by atoms with Gasteiger partial charge in [-0.25, -0.2) is 4.79 Å². The minimum absolute atomic E-state index is 0.0204. The van der Waals surface area contributed by atoms with Gasteiger partial charge in [-0.05, 0) is 113 Å². The second kappa shape index (κ2) is 18.9. The highest BCUT2D eigenvalue weighted by molar-refractivity contribution is 5.90. The summed E-state index contributed by atoms with van der Waals surface area (Å²) < 4.78 is 56.5. The lowest BCUT2D eigenvalue weighted by molar-refractivity contribution is -0.334. The molecule has 11 rings (SSSR count). The van der Waals surface area contributed by atoms with E-state index in [1.165, 1.54) is 6.08 Å². The quantitative estimate of drug-likeness (QED) is 0.131. The number of allylic oxidation sites excluding steroid dienone is 1. The lowest BCUT2D eigenvalue weighted by Crippen LogP contribution is -2.67. The van der Waals surface area contributed by atoms with Crippen LogP contribution in [-0.4, -0.2) is 123 Å². The summed E-state index contributed by atoms with van der Waals surface area (Å²) in [5.41, 5.74) is -0.0318. The van der Waals surface area contributed by atoms with E-state index in [4.69, 9.17) is 42.6 Å². The maximum absolute atomic E-state index is 13.0. The number of ether oxygens (including phenoxy) is 9. The number of carbonyl (C=O) groups is 1. The largest absolute Gasteiger partial charge is 0.507 e. The molecule has 2 aromatic rings. The molecule has 7 unspecified atom stereocenters. The van der Waals surface area contributed by atoms with Gasteiger partial charge in [-0.1, -0.05) is 62.4 Å². The molecule has 0 spiro atoms. The first-order chi connectivity index (χ1) is 33.5. The van der Waals surface area contributed by atoms with Crippen molar-refractivity contribution >= 4 is 12.0 Å². The molecule has 2 aromatic carbocycles. The molecule has 15 nitrogen and oxygen atoms in total. The molecule has 15 heteroatoms. The Morgan fingerprint density at radius 3 is 2.04 bits per heavy atom. The van der Waals surface area contributed by atoms with E-state index >= 15 is 0 Å². The average molecular weight is 973 g/mol. The second-order valence-electron chi connectivity index (χ2n) is 22.5. The van der Waals surface area contributed by atoms with E-state index in [-0.39, 0.29) is 66.2 Å². The van der Waals surface area contributed by atoms with Gasteiger partial charge < -0.3 is 68.2 Å². The van der Waals surface area contributed by atoms with Gasteiger partial charge in [0, 0.05) is 47.5 Å². The summed E-state index contributed by atoms with van der Waals surface area (Å²) in [7, 11) is 0. The molecule has 382 valence electrons. The highest BCUT2D eigenvalue weighted by atomic mass is 16.8. The maximum atomic E-state index is 13.0. The maximum Gasteiger partial charge on any atom is 0.336 e. The summed E-state index contributed by atoms with van der Waals surface area (Å²) in [5, 5.41) is 58.6.